The SMILES string of the molecule is CCCC(=O)ON1CCC(c2ccccc2C(F)(F)F)C(=O)C1. The number of piperidine rings is 1. The highest BCUT2D eigenvalue weighted by molar-refractivity contribution is 5.88. The molecule has 126 valence electrons. The Bertz CT molecular complexity index is 586. The number of ketones is 1. The molecule has 1 aliphatic heterocycles. The highest BCUT2D eigenvalue weighted by Gasteiger charge is 2.38. The maximum absolute atomic E-state index is 13.1. The summed E-state index contributed by atoms with van der Waals surface area (Å²) in [5, 5.41) is 1.23. The molecule has 1 aromatic rings. The molecule has 0 N–H and O–H groups in total. The number of hydrogen-bond acceptors (Lipinski definition) is 4. The van der Waals surface area contributed by atoms with Gasteiger partial charge in [0.1, 0.15) is 0 Å². The Kier molecular flexibility index (Phi) is 5.41. The van der Waals surface area contributed by atoms with E-state index in [2.05, 4.69) is 0 Å². The molecular formula is C16H18F3NO3. The van der Waals surface area contributed by atoms with E-state index in [0.717, 1.165) is 6.07 Å². The first-order valence-electron chi connectivity index (χ1n) is 7.47. The van der Waals surface area contributed by atoms with Crippen LogP contribution in [0.5, 0.6) is 0 Å². The number of alkyl halides is 3. The van der Waals surface area contributed by atoms with E-state index in [-0.39, 0.29) is 37.3 Å². The normalized spacial score (nSPS) is 19.7. The summed E-state index contributed by atoms with van der Waals surface area (Å²) in [5.74, 6) is -1.64. The van der Waals surface area contributed by atoms with Crippen molar-refractivity contribution in [1.82, 2.24) is 5.06 Å². The third-order valence-corrected chi connectivity index (χ3v) is 3.71. The Balaban J connectivity index is 2.11. The van der Waals surface area contributed by atoms with E-state index in [1.807, 2.05) is 6.92 Å². The van der Waals surface area contributed by atoms with Crippen molar-refractivity contribution < 1.29 is 27.6 Å². The summed E-state index contributed by atoms with van der Waals surface area (Å²) in [4.78, 5) is 28.7. The van der Waals surface area contributed by atoms with Crippen LogP contribution in [0.25, 0.3) is 0 Å². The van der Waals surface area contributed by atoms with Crippen molar-refractivity contribution in [1.29, 1.82) is 0 Å². The van der Waals surface area contributed by atoms with Gasteiger partial charge in [0.05, 0.1) is 12.1 Å². The quantitative estimate of drug-likeness (QED) is 0.850. The van der Waals surface area contributed by atoms with Crippen molar-refractivity contribution in [3.63, 3.8) is 0 Å². The fraction of sp³-hybridized carbons (Fsp3) is 0.500. The molecule has 0 aromatic heterocycles. The van der Waals surface area contributed by atoms with Gasteiger partial charge in [-0.15, -0.1) is 5.06 Å². The molecule has 23 heavy (non-hydrogen) atoms. The second kappa shape index (κ2) is 7.12. The van der Waals surface area contributed by atoms with E-state index in [4.69, 9.17) is 4.84 Å². The second-order valence-electron chi connectivity index (χ2n) is 5.47. The van der Waals surface area contributed by atoms with Gasteiger partial charge in [0.25, 0.3) is 0 Å². The van der Waals surface area contributed by atoms with Crippen LogP contribution in [-0.4, -0.2) is 29.9 Å². The van der Waals surface area contributed by atoms with Crippen LogP contribution in [0.4, 0.5) is 13.2 Å². The van der Waals surface area contributed by atoms with Crippen LogP contribution in [-0.2, 0) is 20.6 Å². The summed E-state index contributed by atoms with van der Waals surface area (Å²) in [6.45, 7) is 1.87. The molecule has 0 bridgehead atoms. The smallest absolute Gasteiger partial charge is 0.368 e. The first kappa shape index (κ1) is 17.5. The van der Waals surface area contributed by atoms with Crippen molar-refractivity contribution >= 4 is 11.8 Å². The van der Waals surface area contributed by atoms with E-state index in [9.17, 15) is 22.8 Å². The number of carbonyl (C=O) groups is 2. The first-order chi connectivity index (χ1) is 10.8. The number of Topliss-reactive ketones (excluding diaryl/α,β-unsaturated/α-hetero) is 1. The highest BCUT2D eigenvalue weighted by Crippen LogP contribution is 2.37. The van der Waals surface area contributed by atoms with Gasteiger partial charge >= 0.3 is 12.1 Å². The molecule has 0 aliphatic carbocycles. The van der Waals surface area contributed by atoms with Crippen LogP contribution in [0.3, 0.4) is 0 Å². The molecule has 2 rings (SSSR count). The number of hydroxylamine groups is 2. The van der Waals surface area contributed by atoms with E-state index >= 15 is 0 Å². The number of nitrogens with zero attached hydrogens (tertiary/aromatic N) is 1. The zero-order valence-electron chi connectivity index (χ0n) is 12.7. The maximum Gasteiger partial charge on any atom is 0.416 e. The lowest BCUT2D eigenvalue weighted by atomic mass is 9.86. The monoisotopic (exact) mass is 329 g/mol. The lowest BCUT2D eigenvalue weighted by Gasteiger charge is -2.30. The molecule has 1 fully saturated rings. The molecule has 0 spiro atoms. The fourth-order valence-corrected chi connectivity index (χ4v) is 2.66. The van der Waals surface area contributed by atoms with Gasteiger partial charge in [-0.05, 0) is 24.5 Å². The van der Waals surface area contributed by atoms with Crippen LogP contribution in [0.2, 0.25) is 0 Å². The molecule has 7 heteroatoms. The third-order valence-electron chi connectivity index (χ3n) is 3.71. The lowest BCUT2D eigenvalue weighted by molar-refractivity contribution is -0.195. The summed E-state index contributed by atoms with van der Waals surface area (Å²) in [7, 11) is 0. The van der Waals surface area contributed by atoms with E-state index in [1.54, 1.807) is 0 Å². The number of halogens is 3. The Morgan fingerprint density at radius 2 is 2.04 bits per heavy atom. The van der Waals surface area contributed by atoms with Crippen molar-refractivity contribution in [3.05, 3.63) is 35.4 Å². The molecule has 0 radical (unpaired) electrons. The van der Waals surface area contributed by atoms with Crippen molar-refractivity contribution in [2.24, 2.45) is 0 Å². The zero-order valence-corrected chi connectivity index (χ0v) is 12.7. The van der Waals surface area contributed by atoms with E-state index < -0.39 is 23.6 Å². The maximum atomic E-state index is 13.1. The molecule has 1 unspecified atom stereocenters. The van der Waals surface area contributed by atoms with E-state index in [1.165, 1.54) is 23.3 Å². The average Bonchev–Trinajstić information content (AvgIpc) is 2.47. The molecular weight excluding hydrogens is 311 g/mol. The summed E-state index contributed by atoms with van der Waals surface area (Å²) < 4.78 is 39.2. The minimum absolute atomic E-state index is 0.00969. The van der Waals surface area contributed by atoms with Gasteiger partial charge in [-0.2, -0.15) is 13.2 Å². The van der Waals surface area contributed by atoms with Gasteiger partial charge in [-0.3, -0.25) is 9.59 Å². The minimum Gasteiger partial charge on any atom is -0.368 e. The van der Waals surface area contributed by atoms with Gasteiger partial charge < -0.3 is 4.84 Å². The standard InChI is InChI=1S/C16H18F3NO3/c1-2-5-15(22)23-20-9-8-12(14(21)10-20)11-6-3-4-7-13(11)16(17,18)19/h3-4,6-7,12H,2,5,8-10H2,1H3. The Morgan fingerprint density at radius 3 is 2.65 bits per heavy atom. The highest BCUT2D eigenvalue weighted by atomic mass is 19.4. The molecule has 0 saturated carbocycles. The summed E-state index contributed by atoms with van der Waals surface area (Å²) in [5.41, 5.74) is -0.792. The van der Waals surface area contributed by atoms with Crippen LogP contribution in [0, 0.1) is 0 Å². The minimum atomic E-state index is -4.50. The van der Waals surface area contributed by atoms with Crippen LogP contribution in [0.1, 0.15) is 43.2 Å². The molecule has 1 atom stereocenters. The molecule has 1 aliphatic rings. The number of benzene rings is 1. The number of hydrogen-bond donors (Lipinski definition) is 0. The zero-order chi connectivity index (χ0) is 17.0. The van der Waals surface area contributed by atoms with Gasteiger partial charge in [-0.1, -0.05) is 25.1 Å². The summed E-state index contributed by atoms with van der Waals surface area (Å²) in [6, 6.07) is 5.12. The van der Waals surface area contributed by atoms with Crippen LogP contribution >= 0.6 is 0 Å². The second-order valence-corrected chi connectivity index (χ2v) is 5.47. The number of carbonyl (C=O) groups excluding carboxylic acids is 2. The molecule has 4 nitrogen and oxygen atoms in total. The Labute approximate surface area is 132 Å². The van der Waals surface area contributed by atoms with Crippen molar-refractivity contribution in [2.45, 2.75) is 38.3 Å². The molecule has 1 aromatic carbocycles. The topological polar surface area (TPSA) is 46.6 Å². The Hall–Kier alpha value is -1.89. The van der Waals surface area contributed by atoms with Gasteiger partial charge in [0.2, 0.25) is 0 Å². The largest absolute Gasteiger partial charge is 0.416 e. The average molecular weight is 329 g/mol. The predicted molar refractivity (Wildman–Crippen MR) is 76.4 cm³/mol. The molecule has 1 saturated heterocycles. The molecule has 0 amide bonds. The summed E-state index contributed by atoms with van der Waals surface area (Å²) in [6.07, 6.45) is -3.44. The van der Waals surface area contributed by atoms with Gasteiger partial charge in [0, 0.05) is 18.9 Å². The van der Waals surface area contributed by atoms with Gasteiger partial charge in [0.15, 0.2) is 5.78 Å². The Morgan fingerprint density at radius 1 is 1.35 bits per heavy atom. The number of rotatable bonds is 4. The third kappa shape index (κ3) is 4.31. The molecule has 1 heterocycles. The van der Waals surface area contributed by atoms with Crippen LogP contribution in [0.15, 0.2) is 24.3 Å². The van der Waals surface area contributed by atoms with Gasteiger partial charge in [-0.25, -0.2) is 0 Å². The predicted octanol–water partition coefficient (Wildman–Crippen LogP) is 3.32. The van der Waals surface area contributed by atoms with Crippen LogP contribution < -0.4 is 0 Å². The fourth-order valence-electron chi connectivity index (χ4n) is 2.66. The first-order valence-corrected chi connectivity index (χ1v) is 7.47. The van der Waals surface area contributed by atoms with Crippen molar-refractivity contribution in [2.75, 3.05) is 13.1 Å². The van der Waals surface area contributed by atoms with Crippen molar-refractivity contribution in [3.8, 4) is 0 Å². The lowest BCUT2D eigenvalue weighted by Crippen LogP contribution is -2.41. The van der Waals surface area contributed by atoms with E-state index in [0.29, 0.717) is 6.42 Å². The summed E-state index contributed by atoms with van der Waals surface area (Å²) >= 11 is 0.